The molecule has 1 aromatic heterocycles. The Morgan fingerprint density at radius 2 is 1.72 bits per heavy atom. The zero-order chi connectivity index (χ0) is 17.6. The van der Waals surface area contributed by atoms with Crippen molar-refractivity contribution in [3.05, 3.63) is 59.7 Å². The maximum Gasteiger partial charge on any atom is 0.257 e. The van der Waals surface area contributed by atoms with Gasteiger partial charge < -0.3 is 10.6 Å². The summed E-state index contributed by atoms with van der Waals surface area (Å²) in [5.41, 5.74) is 0.945. The van der Waals surface area contributed by atoms with E-state index >= 15 is 0 Å². The Morgan fingerprint density at radius 1 is 1.00 bits per heavy atom. The molecule has 1 saturated carbocycles. The van der Waals surface area contributed by atoms with Gasteiger partial charge in [0.2, 0.25) is 0 Å². The number of rotatable bonds is 4. The fraction of sp³-hybridized carbons (Fsp3) is 0.316. The molecule has 25 heavy (non-hydrogen) atoms. The van der Waals surface area contributed by atoms with Gasteiger partial charge in [-0.05, 0) is 37.1 Å². The minimum absolute atomic E-state index is 0.186. The molecule has 0 bridgehead atoms. The number of nitrogens with zero attached hydrogens (tertiary/aromatic N) is 1. The predicted molar refractivity (Wildman–Crippen MR) is 92.9 cm³/mol. The van der Waals surface area contributed by atoms with Gasteiger partial charge in [-0.2, -0.15) is 0 Å². The summed E-state index contributed by atoms with van der Waals surface area (Å²) in [4.78, 5) is 28.6. The van der Waals surface area contributed by atoms with Gasteiger partial charge in [0.05, 0.1) is 11.1 Å². The third-order valence-electron chi connectivity index (χ3n) is 4.29. The van der Waals surface area contributed by atoms with Gasteiger partial charge in [0.25, 0.3) is 11.8 Å². The summed E-state index contributed by atoms with van der Waals surface area (Å²) in [5.74, 6) is -1.10. The minimum Gasteiger partial charge on any atom is -0.349 e. The molecule has 2 N–H and O–H groups in total. The second-order valence-corrected chi connectivity index (χ2v) is 6.24. The highest BCUT2D eigenvalue weighted by atomic mass is 19.1. The lowest BCUT2D eigenvalue weighted by Gasteiger charge is -2.22. The lowest BCUT2D eigenvalue weighted by atomic mass is 9.95. The van der Waals surface area contributed by atoms with E-state index in [1.165, 1.54) is 43.1 Å². The van der Waals surface area contributed by atoms with E-state index in [2.05, 4.69) is 15.6 Å². The van der Waals surface area contributed by atoms with Crippen LogP contribution in [0, 0.1) is 5.82 Å². The Kier molecular flexibility index (Phi) is 5.38. The Hall–Kier alpha value is -2.76. The summed E-state index contributed by atoms with van der Waals surface area (Å²) in [6.07, 6.45) is 8.25. The lowest BCUT2D eigenvalue weighted by molar-refractivity contribution is 0.0927. The molecule has 3 rings (SSSR count). The van der Waals surface area contributed by atoms with E-state index in [0.29, 0.717) is 11.3 Å². The van der Waals surface area contributed by atoms with Gasteiger partial charge in [-0.3, -0.25) is 14.6 Å². The SMILES string of the molecule is O=C(Nc1cccc(F)c1)c1cncc(C(=O)NC2CCCCC2)c1. The summed E-state index contributed by atoms with van der Waals surface area (Å²) in [7, 11) is 0. The number of amides is 2. The van der Waals surface area contributed by atoms with Crippen molar-refractivity contribution < 1.29 is 14.0 Å². The fourth-order valence-electron chi connectivity index (χ4n) is 2.97. The van der Waals surface area contributed by atoms with Crippen LogP contribution in [0.5, 0.6) is 0 Å². The van der Waals surface area contributed by atoms with Gasteiger partial charge in [-0.25, -0.2) is 4.39 Å². The summed E-state index contributed by atoms with van der Waals surface area (Å²) in [6, 6.07) is 7.31. The van der Waals surface area contributed by atoms with Crippen LogP contribution in [-0.2, 0) is 0 Å². The van der Waals surface area contributed by atoms with Crippen LogP contribution >= 0.6 is 0 Å². The number of hydrogen-bond acceptors (Lipinski definition) is 3. The highest BCUT2D eigenvalue weighted by Gasteiger charge is 2.18. The van der Waals surface area contributed by atoms with Crippen LogP contribution in [0.15, 0.2) is 42.7 Å². The van der Waals surface area contributed by atoms with Crippen molar-refractivity contribution in [3.8, 4) is 0 Å². The highest BCUT2D eigenvalue weighted by Crippen LogP contribution is 2.18. The largest absolute Gasteiger partial charge is 0.349 e. The zero-order valence-corrected chi connectivity index (χ0v) is 13.8. The third kappa shape index (κ3) is 4.62. The van der Waals surface area contributed by atoms with Gasteiger partial charge in [-0.15, -0.1) is 0 Å². The average Bonchev–Trinajstić information content (AvgIpc) is 2.62. The smallest absolute Gasteiger partial charge is 0.257 e. The number of pyridine rings is 1. The van der Waals surface area contributed by atoms with E-state index in [9.17, 15) is 14.0 Å². The Bertz CT molecular complexity index is 773. The first kappa shape index (κ1) is 17.1. The quantitative estimate of drug-likeness (QED) is 0.893. The second-order valence-electron chi connectivity index (χ2n) is 6.24. The van der Waals surface area contributed by atoms with E-state index in [4.69, 9.17) is 0 Å². The Balaban J connectivity index is 1.67. The van der Waals surface area contributed by atoms with Crippen LogP contribution < -0.4 is 10.6 Å². The molecule has 1 aliphatic rings. The maximum atomic E-state index is 13.2. The number of aromatic nitrogens is 1. The first-order valence-corrected chi connectivity index (χ1v) is 8.44. The van der Waals surface area contributed by atoms with Crippen molar-refractivity contribution in [3.63, 3.8) is 0 Å². The summed E-state index contributed by atoms with van der Waals surface area (Å²) >= 11 is 0. The molecule has 1 aromatic carbocycles. The van der Waals surface area contributed by atoms with Crippen LogP contribution in [0.1, 0.15) is 52.8 Å². The summed E-state index contributed by atoms with van der Waals surface area (Å²) in [5, 5.41) is 5.59. The first-order valence-electron chi connectivity index (χ1n) is 8.44. The second kappa shape index (κ2) is 7.88. The minimum atomic E-state index is -0.439. The van der Waals surface area contributed by atoms with Crippen molar-refractivity contribution in [1.29, 1.82) is 0 Å². The van der Waals surface area contributed by atoms with Crippen molar-refractivity contribution in [1.82, 2.24) is 10.3 Å². The summed E-state index contributed by atoms with van der Waals surface area (Å²) in [6.45, 7) is 0. The van der Waals surface area contributed by atoms with Crippen molar-refractivity contribution in [2.24, 2.45) is 0 Å². The Labute approximate surface area is 145 Å². The van der Waals surface area contributed by atoms with Crippen LogP contribution in [-0.4, -0.2) is 22.8 Å². The van der Waals surface area contributed by atoms with Crippen molar-refractivity contribution >= 4 is 17.5 Å². The number of anilines is 1. The molecule has 0 radical (unpaired) electrons. The van der Waals surface area contributed by atoms with Gasteiger partial charge in [0, 0.05) is 24.1 Å². The highest BCUT2D eigenvalue weighted by molar-refractivity contribution is 6.05. The molecular formula is C19H20FN3O2. The number of nitrogens with one attached hydrogen (secondary N) is 2. The Morgan fingerprint density at radius 3 is 2.44 bits per heavy atom. The first-order chi connectivity index (χ1) is 12.1. The van der Waals surface area contributed by atoms with Gasteiger partial charge in [-0.1, -0.05) is 25.3 Å². The van der Waals surface area contributed by atoms with Gasteiger partial charge in [0.15, 0.2) is 0 Å². The molecule has 0 saturated heterocycles. The number of benzene rings is 1. The molecule has 130 valence electrons. The standard InChI is InChI=1S/C19H20FN3O2/c20-15-5-4-8-17(10-15)23-19(25)14-9-13(11-21-12-14)18(24)22-16-6-2-1-3-7-16/h4-5,8-12,16H,1-3,6-7H2,(H,22,24)(H,23,25). The molecule has 0 aliphatic heterocycles. The van der Waals surface area contributed by atoms with E-state index < -0.39 is 11.7 Å². The topological polar surface area (TPSA) is 71.1 Å². The number of hydrogen-bond donors (Lipinski definition) is 2. The molecule has 0 spiro atoms. The number of carbonyl (C=O) groups excluding carboxylic acids is 2. The van der Waals surface area contributed by atoms with Crippen LogP contribution in [0.2, 0.25) is 0 Å². The van der Waals surface area contributed by atoms with E-state index in [0.717, 1.165) is 25.7 Å². The molecule has 0 unspecified atom stereocenters. The summed E-state index contributed by atoms with van der Waals surface area (Å²) < 4.78 is 13.2. The van der Waals surface area contributed by atoms with Crippen LogP contribution in [0.3, 0.4) is 0 Å². The lowest BCUT2D eigenvalue weighted by Crippen LogP contribution is -2.36. The van der Waals surface area contributed by atoms with Crippen molar-refractivity contribution in [2.75, 3.05) is 5.32 Å². The number of halogens is 1. The van der Waals surface area contributed by atoms with Gasteiger partial charge >= 0.3 is 0 Å². The number of carbonyl (C=O) groups is 2. The average molecular weight is 341 g/mol. The van der Waals surface area contributed by atoms with Crippen LogP contribution in [0.25, 0.3) is 0 Å². The molecular weight excluding hydrogens is 321 g/mol. The predicted octanol–water partition coefficient (Wildman–Crippen LogP) is 3.54. The molecule has 2 aromatic rings. The molecule has 1 fully saturated rings. The van der Waals surface area contributed by atoms with Crippen molar-refractivity contribution in [2.45, 2.75) is 38.1 Å². The maximum absolute atomic E-state index is 13.2. The van der Waals surface area contributed by atoms with Gasteiger partial charge in [0.1, 0.15) is 5.82 Å². The molecule has 5 nitrogen and oxygen atoms in total. The molecule has 1 aliphatic carbocycles. The van der Waals surface area contributed by atoms with Crippen LogP contribution in [0.4, 0.5) is 10.1 Å². The third-order valence-corrected chi connectivity index (χ3v) is 4.29. The zero-order valence-electron chi connectivity index (χ0n) is 13.8. The molecule has 0 atom stereocenters. The molecule has 6 heteroatoms. The van der Waals surface area contributed by atoms with E-state index in [1.54, 1.807) is 6.07 Å². The normalized spacial score (nSPS) is 14.8. The van der Waals surface area contributed by atoms with E-state index in [1.807, 2.05) is 0 Å². The molecule has 1 heterocycles. The molecule has 2 amide bonds. The monoisotopic (exact) mass is 341 g/mol. The fourth-order valence-corrected chi connectivity index (χ4v) is 2.97. The van der Waals surface area contributed by atoms with E-state index in [-0.39, 0.29) is 17.5 Å².